The van der Waals surface area contributed by atoms with Gasteiger partial charge in [-0.15, -0.1) is 0 Å². The molecule has 2 aromatic rings. The molecule has 0 radical (unpaired) electrons. The van der Waals surface area contributed by atoms with E-state index in [1.807, 2.05) is 0 Å². The lowest BCUT2D eigenvalue weighted by molar-refractivity contribution is -0.142. The van der Waals surface area contributed by atoms with Gasteiger partial charge in [-0.1, -0.05) is 18.6 Å². The third-order valence-electron chi connectivity index (χ3n) is 5.23. The third-order valence-corrected chi connectivity index (χ3v) is 5.23. The number of pyridine rings is 1. The first-order valence-corrected chi connectivity index (χ1v) is 9.19. The lowest BCUT2D eigenvalue weighted by Gasteiger charge is -2.19. The molecule has 3 N–H and O–H groups in total. The molecule has 0 saturated heterocycles. The number of amides is 1. The monoisotopic (exact) mass is 368 g/mol. The standard InChI is InChI=1S/C21H24N2O4/c1-21(2,20(26)27)14-8-10-15(11-9-14)22-18(24)16-12-13-6-4-3-5-7-17(13)23-19(16)25/h8-12H,3-7H2,1-2H3,(H,22,24)(H,23,25)(H,26,27). The SMILES string of the molecule is CC(C)(C(=O)O)c1ccc(NC(=O)c2cc3c([nH]c2=O)CCCCC3)cc1. The Hall–Kier alpha value is -2.89. The van der Waals surface area contributed by atoms with Crippen LogP contribution in [0.25, 0.3) is 0 Å². The number of nitrogens with one attached hydrogen (secondary N) is 2. The molecule has 1 aliphatic carbocycles. The van der Waals surface area contributed by atoms with Crippen molar-refractivity contribution < 1.29 is 14.7 Å². The highest BCUT2D eigenvalue weighted by Gasteiger charge is 2.29. The van der Waals surface area contributed by atoms with Gasteiger partial charge in [0.1, 0.15) is 5.56 Å². The molecular formula is C21H24N2O4. The fourth-order valence-electron chi connectivity index (χ4n) is 3.31. The van der Waals surface area contributed by atoms with Gasteiger partial charge in [0.15, 0.2) is 0 Å². The minimum atomic E-state index is -1.02. The molecular weight excluding hydrogens is 344 g/mol. The van der Waals surface area contributed by atoms with E-state index in [0.29, 0.717) is 11.3 Å². The van der Waals surface area contributed by atoms with Crippen LogP contribution in [0.1, 0.15) is 60.3 Å². The van der Waals surface area contributed by atoms with Gasteiger partial charge in [-0.25, -0.2) is 0 Å². The van der Waals surface area contributed by atoms with Gasteiger partial charge in [0.05, 0.1) is 5.41 Å². The van der Waals surface area contributed by atoms with Crippen LogP contribution in [0, 0.1) is 0 Å². The van der Waals surface area contributed by atoms with Gasteiger partial charge >= 0.3 is 5.97 Å². The molecule has 1 amide bonds. The first-order chi connectivity index (χ1) is 12.8. The minimum absolute atomic E-state index is 0.102. The van der Waals surface area contributed by atoms with Crippen LogP contribution >= 0.6 is 0 Å². The summed E-state index contributed by atoms with van der Waals surface area (Å²) in [4.78, 5) is 39.1. The zero-order chi connectivity index (χ0) is 19.6. The first-order valence-electron chi connectivity index (χ1n) is 9.19. The van der Waals surface area contributed by atoms with E-state index in [4.69, 9.17) is 0 Å². The summed E-state index contributed by atoms with van der Waals surface area (Å²) in [5.74, 6) is -1.38. The van der Waals surface area contributed by atoms with Gasteiger partial charge in [-0.05, 0) is 68.9 Å². The number of aryl methyl sites for hydroxylation is 2. The third kappa shape index (κ3) is 3.94. The topological polar surface area (TPSA) is 99.3 Å². The molecule has 6 nitrogen and oxygen atoms in total. The van der Waals surface area contributed by atoms with Crippen LogP contribution in [0.4, 0.5) is 5.69 Å². The number of hydrogen-bond donors (Lipinski definition) is 3. The number of aliphatic carboxylic acids is 1. The lowest BCUT2D eigenvalue weighted by Crippen LogP contribution is -2.28. The highest BCUT2D eigenvalue weighted by atomic mass is 16.4. The van der Waals surface area contributed by atoms with Crippen molar-refractivity contribution in [1.29, 1.82) is 0 Å². The molecule has 1 aliphatic rings. The van der Waals surface area contributed by atoms with E-state index in [0.717, 1.165) is 43.4 Å². The average Bonchev–Trinajstić information content (AvgIpc) is 2.86. The number of aromatic nitrogens is 1. The molecule has 0 spiro atoms. The Kier molecular flexibility index (Phi) is 5.17. The van der Waals surface area contributed by atoms with E-state index in [9.17, 15) is 19.5 Å². The summed E-state index contributed by atoms with van der Waals surface area (Å²) in [7, 11) is 0. The Bertz CT molecular complexity index is 926. The van der Waals surface area contributed by atoms with Crippen molar-refractivity contribution in [2.24, 2.45) is 0 Å². The molecule has 6 heteroatoms. The molecule has 0 atom stereocenters. The maximum absolute atomic E-state index is 12.6. The van der Waals surface area contributed by atoms with E-state index < -0.39 is 17.3 Å². The fourth-order valence-corrected chi connectivity index (χ4v) is 3.31. The second kappa shape index (κ2) is 7.39. The largest absolute Gasteiger partial charge is 0.481 e. The highest BCUT2D eigenvalue weighted by molar-refractivity contribution is 6.04. The van der Waals surface area contributed by atoms with Gasteiger partial charge in [-0.2, -0.15) is 0 Å². The van der Waals surface area contributed by atoms with Crippen molar-refractivity contribution >= 4 is 17.6 Å². The zero-order valence-electron chi connectivity index (χ0n) is 15.6. The van der Waals surface area contributed by atoms with Crippen molar-refractivity contribution in [1.82, 2.24) is 4.98 Å². The second-order valence-corrected chi connectivity index (χ2v) is 7.54. The van der Waals surface area contributed by atoms with E-state index in [2.05, 4.69) is 10.3 Å². The number of benzene rings is 1. The summed E-state index contributed by atoms with van der Waals surface area (Å²) in [6, 6.07) is 8.35. The van der Waals surface area contributed by atoms with Crippen molar-refractivity contribution in [2.45, 2.75) is 51.4 Å². The summed E-state index contributed by atoms with van der Waals surface area (Å²) < 4.78 is 0. The minimum Gasteiger partial charge on any atom is -0.481 e. The van der Waals surface area contributed by atoms with Gasteiger partial charge in [-0.3, -0.25) is 14.4 Å². The molecule has 1 aromatic carbocycles. The summed E-state index contributed by atoms with van der Waals surface area (Å²) in [5.41, 5.74) is 1.83. The molecule has 0 bridgehead atoms. The molecule has 1 heterocycles. The van der Waals surface area contributed by atoms with Crippen molar-refractivity contribution in [3.63, 3.8) is 0 Å². The van der Waals surface area contributed by atoms with Crippen LogP contribution in [0.15, 0.2) is 35.1 Å². The van der Waals surface area contributed by atoms with Crippen LogP contribution < -0.4 is 10.9 Å². The predicted octanol–water partition coefficient (Wildman–Crippen LogP) is 3.26. The van der Waals surface area contributed by atoms with Gasteiger partial charge in [0, 0.05) is 11.4 Å². The Labute approximate surface area is 157 Å². The number of carbonyl (C=O) groups is 2. The first kappa shape index (κ1) is 18.9. The Morgan fingerprint density at radius 3 is 2.41 bits per heavy atom. The Morgan fingerprint density at radius 1 is 1.07 bits per heavy atom. The Balaban J connectivity index is 1.81. The quantitative estimate of drug-likeness (QED) is 0.721. The zero-order valence-corrected chi connectivity index (χ0v) is 15.6. The second-order valence-electron chi connectivity index (χ2n) is 7.54. The summed E-state index contributed by atoms with van der Waals surface area (Å²) in [6.07, 6.45) is 4.93. The van der Waals surface area contributed by atoms with Gasteiger partial charge in [0.2, 0.25) is 0 Å². The summed E-state index contributed by atoms with van der Waals surface area (Å²) >= 11 is 0. The van der Waals surface area contributed by atoms with Crippen molar-refractivity contribution in [3.8, 4) is 0 Å². The summed E-state index contributed by atoms with van der Waals surface area (Å²) in [5, 5.41) is 12.0. The number of carboxylic acids is 1. The number of aromatic amines is 1. The number of carboxylic acid groups (broad SMARTS) is 1. The molecule has 0 unspecified atom stereocenters. The molecule has 0 fully saturated rings. The van der Waals surface area contributed by atoms with Gasteiger partial charge in [0.25, 0.3) is 11.5 Å². The number of anilines is 1. The predicted molar refractivity (Wildman–Crippen MR) is 103 cm³/mol. The van der Waals surface area contributed by atoms with Crippen LogP contribution in [0.2, 0.25) is 0 Å². The smallest absolute Gasteiger partial charge is 0.313 e. The normalized spacial score (nSPS) is 14.1. The van der Waals surface area contributed by atoms with Crippen molar-refractivity contribution in [2.75, 3.05) is 5.32 Å². The fraction of sp³-hybridized carbons (Fsp3) is 0.381. The molecule has 27 heavy (non-hydrogen) atoms. The van der Waals surface area contributed by atoms with E-state index >= 15 is 0 Å². The number of H-pyrrole nitrogens is 1. The van der Waals surface area contributed by atoms with Crippen LogP contribution in [-0.2, 0) is 23.1 Å². The maximum atomic E-state index is 12.6. The van der Waals surface area contributed by atoms with Crippen LogP contribution in [0.3, 0.4) is 0 Å². The molecule has 1 aromatic heterocycles. The van der Waals surface area contributed by atoms with Crippen LogP contribution in [0.5, 0.6) is 0 Å². The van der Waals surface area contributed by atoms with Crippen LogP contribution in [-0.4, -0.2) is 22.0 Å². The highest BCUT2D eigenvalue weighted by Crippen LogP contribution is 2.25. The summed E-state index contributed by atoms with van der Waals surface area (Å²) in [6.45, 7) is 3.25. The maximum Gasteiger partial charge on any atom is 0.313 e. The Morgan fingerprint density at radius 2 is 1.74 bits per heavy atom. The number of hydrogen-bond acceptors (Lipinski definition) is 3. The van der Waals surface area contributed by atoms with E-state index in [1.165, 1.54) is 0 Å². The van der Waals surface area contributed by atoms with Crippen molar-refractivity contribution in [3.05, 3.63) is 63.1 Å². The molecule has 0 aliphatic heterocycles. The molecule has 142 valence electrons. The number of rotatable bonds is 4. The van der Waals surface area contributed by atoms with Gasteiger partial charge < -0.3 is 15.4 Å². The molecule has 3 rings (SSSR count). The lowest BCUT2D eigenvalue weighted by atomic mass is 9.85. The average molecular weight is 368 g/mol. The van der Waals surface area contributed by atoms with E-state index in [-0.39, 0.29) is 11.1 Å². The number of fused-ring (bicyclic) bond motifs is 1. The number of carbonyl (C=O) groups excluding carboxylic acids is 1. The van der Waals surface area contributed by atoms with E-state index in [1.54, 1.807) is 44.2 Å². The molecule has 0 saturated carbocycles.